The van der Waals surface area contributed by atoms with E-state index in [9.17, 15) is 19.5 Å². The zero-order chi connectivity index (χ0) is 24.1. The van der Waals surface area contributed by atoms with Crippen LogP contribution in [0, 0.1) is 0 Å². The molecule has 0 aliphatic rings. The molecule has 8 nitrogen and oxygen atoms in total. The molecule has 0 radical (unpaired) electrons. The maximum absolute atomic E-state index is 12.4. The summed E-state index contributed by atoms with van der Waals surface area (Å²) in [6, 6.07) is 7.98. The molecule has 0 bridgehead atoms. The monoisotopic (exact) mass is 525 g/mol. The second kappa shape index (κ2) is 10.8. The molecule has 0 unspecified atom stereocenters. The van der Waals surface area contributed by atoms with Crippen molar-refractivity contribution in [2.75, 3.05) is 6.54 Å². The fraction of sp³-hybridized carbons (Fsp3) is 0.143. The van der Waals surface area contributed by atoms with Crippen LogP contribution >= 0.6 is 45.9 Å². The van der Waals surface area contributed by atoms with Crippen molar-refractivity contribution in [3.63, 3.8) is 0 Å². The molecule has 0 saturated heterocycles. The number of carboxylic acids is 1. The summed E-state index contributed by atoms with van der Waals surface area (Å²) in [5, 5.41) is 28.3. The van der Waals surface area contributed by atoms with E-state index in [0.717, 1.165) is 11.3 Å². The number of benzene rings is 1. The lowest BCUT2D eigenvalue weighted by atomic mass is 10.1. The average Bonchev–Trinajstić information content (AvgIpc) is 3.41. The highest BCUT2D eigenvalue weighted by Crippen LogP contribution is 2.40. The first-order chi connectivity index (χ1) is 15.7. The molecule has 12 heteroatoms. The predicted molar refractivity (Wildman–Crippen MR) is 130 cm³/mol. The maximum Gasteiger partial charge on any atom is 0.305 e. The van der Waals surface area contributed by atoms with Gasteiger partial charge >= 0.3 is 5.97 Å². The number of rotatable bonds is 8. The van der Waals surface area contributed by atoms with Gasteiger partial charge in [0.2, 0.25) is 0 Å². The third kappa shape index (κ3) is 6.11. The van der Waals surface area contributed by atoms with Gasteiger partial charge < -0.3 is 15.5 Å². The van der Waals surface area contributed by atoms with Crippen LogP contribution in [-0.2, 0) is 4.79 Å². The van der Waals surface area contributed by atoms with Gasteiger partial charge in [-0.25, -0.2) is 5.43 Å². The van der Waals surface area contributed by atoms with E-state index in [1.54, 1.807) is 30.5 Å². The van der Waals surface area contributed by atoms with E-state index < -0.39 is 17.8 Å². The van der Waals surface area contributed by atoms with Crippen molar-refractivity contribution < 1.29 is 24.6 Å². The van der Waals surface area contributed by atoms with E-state index in [-0.39, 0.29) is 28.5 Å². The van der Waals surface area contributed by atoms with E-state index in [4.69, 9.17) is 28.3 Å². The number of nitrogens with zero attached hydrogens (tertiary/aromatic N) is 1. The Balaban J connectivity index is 1.67. The molecule has 0 fully saturated rings. The molecule has 2 aromatic heterocycles. The molecule has 0 saturated carbocycles. The number of hydrogen-bond donors (Lipinski definition) is 4. The Kier molecular flexibility index (Phi) is 8.09. The van der Waals surface area contributed by atoms with Crippen molar-refractivity contribution in [1.29, 1.82) is 0 Å². The first kappa shape index (κ1) is 24.7. The molecule has 1 aromatic carbocycles. The van der Waals surface area contributed by atoms with Gasteiger partial charge in [-0.3, -0.25) is 14.4 Å². The van der Waals surface area contributed by atoms with Gasteiger partial charge in [-0.05, 0) is 36.8 Å². The SMILES string of the molecule is C/C(=N\NC(=O)c1ccc(C(=O)NCCC(=O)O)s1)c1csc(-c2ccc(Cl)c(Cl)c2)c1O. The van der Waals surface area contributed by atoms with Crippen LogP contribution in [0.25, 0.3) is 10.4 Å². The quantitative estimate of drug-likeness (QED) is 0.247. The number of carboxylic acid groups (broad SMARTS) is 1. The van der Waals surface area contributed by atoms with Gasteiger partial charge in [0.1, 0.15) is 5.75 Å². The number of hydrogen-bond acceptors (Lipinski definition) is 7. The maximum atomic E-state index is 12.4. The van der Waals surface area contributed by atoms with E-state index in [1.165, 1.54) is 23.5 Å². The van der Waals surface area contributed by atoms with Crippen LogP contribution in [0.15, 0.2) is 40.8 Å². The second-order valence-corrected chi connectivity index (χ2v) is 9.44. The summed E-state index contributed by atoms with van der Waals surface area (Å²) in [4.78, 5) is 36.0. The topological polar surface area (TPSA) is 128 Å². The molecule has 172 valence electrons. The molecule has 3 rings (SSSR count). The van der Waals surface area contributed by atoms with Crippen LogP contribution in [0.4, 0.5) is 0 Å². The molecule has 4 N–H and O–H groups in total. The first-order valence-electron chi connectivity index (χ1n) is 9.38. The molecule has 3 aromatic rings. The number of aromatic hydroxyl groups is 1. The van der Waals surface area contributed by atoms with Crippen LogP contribution in [0.1, 0.15) is 38.3 Å². The van der Waals surface area contributed by atoms with E-state index in [0.29, 0.717) is 31.8 Å². The molecular formula is C21H17Cl2N3O5S2. The van der Waals surface area contributed by atoms with Crippen LogP contribution in [0.3, 0.4) is 0 Å². The molecule has 0 spiro atoms. The lowest BCUT2D eigenvalue weighted by Gasteiger charge is -2.04. The minimum atomic E-state index is -1.02. The third-order valence-electron chi connectivity index (χ3n) is 4.34. The largest absolute Gasteiger partial charge is 0.506 e. The number of halogens is 2. The molecule has 0 aliphatic heterocycles. The molecule has 33 heavy (non-hydrogen) atoms. The molecule has 2 heterocycles. The smallest absolute Gasteiger partial charge is 0.305 e. The average molecular weight is 526 g/mol. The summed E-state index contributed by atoms with van der Waals surface area (Å²) in [7, 11) is 0. The second-order valence-electron chi connectivity index (χ2n) is 6.66. The summed E-state index contributed by atoms with van der Waals surface area (Å²) in [6.07, 6.45) is -0.194. The summed E-state index contributed by atoms with van der Waals surface area (Å²) in [5.74, 6) is -2.00. The number of amides is 2. The number of hydrazone groups is 1. The lowest BCUT2D eigenvalue weighted by molar-refractivity contribution is -0.136. The van der Waals surface area contributed by atoms with Gasteiger partial charge in [0.15, 0.2) is 0 Å². The van der Waals surface area contributed by atoms with Gasteiger partial charge in [-0.15, -0.1) is 22.7 Å². The van der Waals surface area contributed by atoms with Gasteiger partial charge in [-0.2, -0.15) is 5.10 Å². The van der Waals surface area contributed by atoms with Gasteiger partial charge in [0.25, 0.3) is 11.8 Å². The Morgan fingerprint density at radius 2 is 1.76 bits per heavy atom. The van der Waals surface area contributed by atoms with Crippen molar-refractivity contribution in [2.24, 2.45) is 5.10 Å². The number of carbonyl (C=O) groups excluding carboxylic acids is 2. The fourth-order valence-electron chi connectivity index (χ4n) is 2.65. The normalized spacial score (nSPS) is 11.3. The number of carbonyl (C=O) groups is 3. The fourth-order valence-corrected chi connectivity index (χ4v) is 4.77. The Hall–Kier alpha value is -2.92. The predicted octanol–water partition coefficient (Wildman–Crippen LogP) is 4.85. The standard InChI is InChI=1S/C21H17Cl2N3O5S2/c1-10(12-9-32-19(18(12)29)11-2-3-13(22)14(23)8-11)25-26-21(31)16-5-4-15(33-16)20(30)24-7-6-17(27)28/h2-5,8-9,29H,6-7H2,1H3,(H,24,30)(H,26,31)(H,27,28)/b25-10+. The lowest BCUT2D eigenvalue weighted by Crippen LogP contribution is -2.25. The number of thiophene rings is 2. The van der Waals surface area contributed by atoms with E-state index in [2.05, 4.69) is 15.8 Å². The zero-order valence-electron chi connectivity index (χ0n) is 17.0. The molecule has 0 atom stereocenters. The Morgan fingerprint density at radius 1 is 1.06 bits per heavy atom. The number of aliphatic carboxylic acids is 1. The van der Waals surface area contributed by atoms with Crippen LogP contribution in [0.2, 0.25) is 10.0 Å². The first-order valence-corrected chi connectivity index (χ1v) is 11.8. The van der Waals surface area contributed by atoms with E-state index >= 15 is 0 Å². The molecule has 0 aliphatic carbocycles. The van der Waals surface area contributed by atoms with Crippen molar-refractivity contribution in [1.82, 2.24) is 10.7 Å². The van der Waals surface area contributed by atoms with Crippen molar-refractivity contribution >= 4 is 69.4 Å². The van der Waals surface area contributed by atoms with Gasteiger partial charge in [0, 0.05) is 11.9 Å². The van der Waals surface area contributed by atoms with Crippen LogP contribution < -0.4 is 10.7 Å². The Morgan fingerprint density at radius 3 is 2.42 bits per heavy atom. The van der Waals surface area contributed by atoms with Gasteiger partial charge in [0.05, 0.1) is 42.4 Å². The van der Waals surface area contributed by atoms with Crippen molar-refractivity contribution in [3.05, 3.63) is 61.1 Å². The van der Waals surface area contributed by atoms with E-state index in [1.807, 2.05) is 0 Å². The Bertz CT molecular complexity index is 1250. The third-order valence-corrected chi connectivity index (χ3v) is 7.18. The number of nitrogens with one attached hydrogen (secondary N) is 2. The zero-order valence-corrected chi connectivity index (χ0v) is 20.2. The highest BCUT2D eigenvalue weighted by molar-refractivity contribution is 7.16. The highest BCUT2D eigenvalue weighted by Gasteiger charge is 2.17. The summed E-state index contributed by atoms with van der Waals surface area (Å²) in [6.45, 7) is 1.63. The van der Waals surface area contributed by atoms with Crippen LogP contribution in [-0.4, -0.2) is 40.3 Å². The van der Waals surface area contributed by atoms with Crippen molar-refractivity contribution in [3.8, 4) is 16.2 Å². The molecular weight excluding hydrogens is 509 g/mol. The van der Waals surface area contributed by atoms with Crippen molar-refractivity contribution in [2.45, 2.75) is 13.3 Å². The summed E-state index contributed by atoms with van der Waals surface area (Å²) >= 11 is 14.2. The van der Waals surface area contributed by atoms with Gasteiger partial charge in [-0.1, -0.05) is 29.3 Å². The minimum Gasteiger partial charge on any atom is -0.506 e. The summed E-state index contributed by atoms with van der Waals surface area (Å²) in [5.41, 5.74) is 3.93. The minimum absolute atomic E-state index is 0.00494. The van der Waals surface area contributed by atoms with Crippen LogP contribution in [0.5, 0.6) is 5.75 Å². The summed E-state index contributed by atoms with van der Waals surface area (Å²) < 4.78 is 0. The Labute approximate surface area is 206 Å². The highest BCUT2D eigenvalue weighted by atomic mass is 35.5. The molecule has 2 amide bonds.